The lowest BCUT2D eigenvalue weighted by Crippen LogP contribution is -2.07. The summed E-state index contributed by atoms with van der Waals surface area (Å²) in [5, 5.41) is 21.0. The normalized spacial score (nSPS) is 11.9. The van der Waals surface area contributed by atoms with E-state index in [4.69, 9.17) is 15.0 Å². The zero-order chi connectivity index (χ0) is 43.5. The second-order valence-corrected chi connectivity index (χ2v) is 18.7. The summed E-state index contributed by atoms with van der Waals surface area (Å²) in [5.74, 6) is 1.58. The maximum absolute atomic E-state index is 11.4. The van der Waals surface area contributed by atoms with Gasteiger partial charge in [0.15, 0.2) is 17.5 Å². The van der Waals surface area contributed by atoms with Crippen molar-refractivity contribution < 1.29 is 0 Å². The van der Waals surface area contributed by atoms with Crippen LogP contribution < -0.4 is 0 Å². The molecular weight excluding hydrogens is 845 g/mol. The topological polar surface area (TPSA) is 72.3 Å². The Bertz CT molecular complexity index is 4300. The smallest absolute Gasteiger partial charge is 0.166 e. The van der Waals surface area contributed by atoms with Gasteiger partial charge in [0, 0.05) is 78.6 Å². The predicted molar refractivity (Wildman–Crippen MR) is 275 cm³/mol. The molecule has 0 fully saturated rings. The predicted octanol–water partition coefficient (Wildman–Crippen LogP) is 15.7. The van der Waals surface area contributed by atoms with Gasteiger partial charge in [-0.2, -0.15) is 5.26 Å². The number of hydrogen-bond donors (Lipinski definition) is 0. The first kappa shape index (κ1) is 36.9. The Labute approximate surface area is 385 Å². The Balaban J connectivity index is 1.14. The molecule has 0 spiro atoms. The van der Waals surface area contributed by atoms with Crippen LogP contribution in [0.15, 0.2) is 194 Å². The fourth-order valence-corrected chi connectivity index (χ4v) is 12.7. The first-order chi connectivity index (χ1) is 32.7. The van der Waals surface area contributed by atoms with Crippen molar-refractivity contribution in [3.8, 4) is 51.6 Å². The van der Waals surface area contributed by atoms with E-state index in [-0.39, 0.29) is 0 Å². The summed E-state index contributed by atoms with van der Waals surface area (Å²) in [6.07, 6.45) is 0. The van der Waals surface area contributed by atoms with E-state index in [2.05, 4.69) is 143 Å². The molecule has 0 aliphatic carbocycles. The SMILES string of the molecule is N#Cc1cc(-c2nc(-c3ccccc3)nc(-c3ccccc3)n2)c(-n2c3ccccc3c3c4sc5ccccc5c4ccc32)cc1-n1c2ccccc2c2c3sc4ccccc4c3ccc21. The molecule has 0 saturated carbocycles. The number of para-hydroxylation sites is 2. The average molecular weight is 877 g/mol. The molecular formula is C58H32N6S2. The molecule has 306 valence electrons. The molecule has 0 atom stereocenters. The number of fused-ring (bicyclic) bond motifs is 14. The van der Waals surface area contributed by atoms with Crippen molar-refractivity contribution in [3.05, 3.63) is 200 Å². The summed E-state index contributed by atoms with van der Waals surface area (Å²) in [6.45, 7) is 0. The van der Waals surface area contributed by atoms with Crippen LogP contribution in [0.2, 0.25) is 0 Å². The van der Waals surface area contributed by atoms with Crippen molar-refractivity contribution in [3.63, 3.8) is 0 Å². The summed E-state index contributed by atoms with van der Waals surface area (Å²) in [5.41, 5.74) is 8.77. The number of hydrogen-bond acceptors (Lipinski definition) is 6. The number of rotatable bonds is 5. The van der Waals surface area contributed by atoms with Crippen LogP contribution in [0, 0.1) is 11.3 Å². The molecule has 8 heteroatoms. The van der Waals surface area contributed by atoms with Gasteiger partial charge in [-0.05, 0) is 48.5 Å². The van der Waals surface area contributed by atoms with Gasteiger partial charge in [0.2, 0.25) is 0 Å². The van der Waals surface area contributed by atoms with Crippen molar-refractivity contribution >= 4 is 107 Å². The number of benzene rings is 9. The summed E-state index contributed by atoms with van der Waals surface area (Å²) in [4.78, 5) is 15.6. The molecule has 5 aromatic heterocycles. The van der Waals surface area contributed by atoms with Crippen molar-refractivity contribution in [1.82, 2.24) is 24.1 Å². The van der Waals surface area contributed by atoms with Crippen molar-refractivity contribution in [2.75, 3.05) is 0 Å². The molecule has 5 heterocycles. The second kappa shape index (κ2) is 14.3. The molecule has 0 aliphatic heterocycles. The van der Waals surface area contributed by atoms with Gasteiger partial charge in [0.05, 0.1) is 39.0 Å². The van der Waals surface area contributed by atoms with E-state index < -0.39 is 0 Å². The summed E-state index contributed by atoms with van der Waals surface area (Å²) >= 11 is 3.66. The minimum atomic E-state index is 0.476. The van der Waals surface area contributed by atoms with Gasteiger partial charge in [0.25, 0.3) is 0 Å². The quantitative estimate of drug-likeness (QED) is 0.173. The van der Waals surface area contributed by atoms with Crippen LogP contribution in [0.1, 0.15) is 5.56 Å². The van der Waals surface area contributed by atoms with Crippen LogP contribution >= 0.6 is 22.7 Å². The number of nitriles is 1. The minimum absolute atomic E-state index is 0.476. The third-order valence-electron chi connectivity index (χ3n) is 13.0. The van der Waals surface area contributed by atoms with Crippen LogP contribution in [0.4, 0.5) is 0 Å². The molecule has 0 bridgehead atoms. The van der Waals surface area contributed by atoms with Gasteiger partial charge in [-0.1, -0.05) is 146 Å². The Morgan fingerprint density at radius 1 is 0.379 bits per heavy atom. The fraction of sp³-hybridized carbons (Fsp3) is 0. The van der Waals surface area contributed by atoms with E-state index in [9.17, 15) is 5.26 Å². The maximum atomic E-state index is 11.4. The Morgan fingerprint density at radius 3 is 1.33 bits per heavy atom. The zero-order valence-corrected chi connectivity index (χ0v) is 36.6. The van der Waals surface area contributed by atoms with Crippen LogP contribution in [0.25, 0.3) is 129 Å². The van der Waals surface area contributed by atoms with Gasteiger partial charge >= 0.3 is 0 Å². The maximum Gasteiger partial charge on any atom is 0.166 e. The molecule has 0 N–H and O–H groups in total. The number of nitrogens with zero attached hydrogens (tertiary/aromatic N) is 6. The largest absolute Gasteiger partial charge is 0.308 e. The second-order valence-electron chi connectivity index (χ2n) is 16.6. The van der Waals surface area contributed by atoms with E-state index in [1.807, 2.05) is 89.4 Å². The van der Waals surface area contributed by atoms with Gasteiger partial charge in [0.1, 0.15) is 6.07 Å². The van der Waals surface area contributed by atoms with E-state index >= 15 is 0 Å². The first-order valence-corrected chi connectivity index (χ1v) is 23.5. The van der Waals surface area contributed by atoms with E-state index in [1.54, 1.807) is 0 Å². The lowest BCUT2D eigenvalue weighted by molar-refractivity contribution is 1.06. The Morgan fingerprint density at radius 2 is 0.818 bits per heavy atom. The monoisotopic (exact) mass is 876 g/mol. The van der Waals surface area contributed by atoms with Crippen molar-refractivity contribution in [2.24, 2.45) is 0 Å². The molecule has 9 aromatic carbocycles. The van der Waals surface area contributed by atoms with Crippen molar-refractivity contribution in [1.29, 1.82) is 5.26 Å². The minimum Gasteiger partial charge on any atom is -0.308 e. The van der Waals surface area contributed by atoms with Crippen LogP contribution in [-0.4, -0.2) is 24.1 Å². The molecule has 0 aliphatic rings. The lowest BCUT2D eigenvalue weighted by Gasteiger charge is -2.19. The molecule has 0 radical (unpaired) electrons. The third-order valence-corrected chi connectivity index (χ3v) is 15.4. The van der Waals surface area contributed by atoms with Crippen LogP contribution in [-0.2, 0) is 0 Å². The molecule has 0 amide bonds. The standard InChI is InChI=1S/C58H32N6S2/c59-33-36-31-43(58-61-56(34-15-3-1-4-16-34)60-57(62-58)35-17-5-2-6-18-35)49(64-45-24-12-8-22-42(45)53-47(64)30-28-40-38-20-10-14-26-51(38)66-55(40)53)32-48(36)63-44-23-11-7-21-41(44)52-46(63)29-27-39-37-19-9-13-25-50(37)65-54(39)52/h1-32H. The van der Waals surface area contributed by atoms with Crippen molar-refractivity contribution in [2.45, 2.75) is 0 Å². The fourth-order valence-electron chi connectivity index (χ4n) is 10.1. The van der Waals surface area contributed by atoms with E-state index in [0.29, 0.717) is 23.0 Å². The zero-order valence-electron chi connectivity index (χ0n) is 35.0. The summed E-state index contributed by atoms with van der Waals surface area (Å²) in [6, 6.07) is 70.5. The Kier molecular flexibility index (Phi) is 7.98. The summed E-state index contributed by atoms with van der Waals surface area (Å²) in [7, 11) is 0. The highest BCUT2D eigenvalue weighted by atomic mass is 32.1. The highest BCUT2D eigenvalue weighted by Gasteiger charge is 2.26. The number of aromatic nitrogens is 5. The third kappa shape index (κ3) is 5.36. The van der Waals surface area contributed by atoms with Crippen LogP contribution in [0.3, 0.4) is 0 Å². The Hall–Kier alpha value is -8.48. The molecule has 14 rings (SSSR count). The highest BCUT2D eigenvalue weighted by molar-refractivity contribution is 7.27. The number of thiophene rings is 2. The van der Waals surface area contributed by atoms with E-state index in [0.717, 1.165) is 60.9 Å². The van der Waals surface area contributed by atoms with Crippen LogP contribution in [0.5, 0.6) is 0 Å². The van der Waals surface area contributed by atoms with Gasteiger partial charge in [-0.25, -0.2) is 15.0 Å². The average Bonchev–Trinajstić information content (AvgIpc) is 4.14. The molecule has 66 heavy (non-hydrogen) atoms. The highest BCUT2D eigenvalue weighted by Crippen LogP contribution is 2.47. The van der Waals surface area contributed by atoms with E-state index in [1.165, 1.54) is 51.1 Å². The molecule has 0 unspecified atom stereocenters. The summed E-state index contributed by atoms with van der Waals surface area (Å²) < 4.78 is 9.64. The first-order valence-electron chi connectivity index (χ1n) is 21.8. The van der Waals surface area contributed by atoms with Gasteiger partial charge < -0.3 is 9.13 Å². The lowest BCUT2D eigenvalue weighted by atomic mass is 10.0. The van der Waals surface area contributed by atoms with Gasteiger partial charge in [-0.3, -0.25) is 0 Å². The molecule has 6 nitrogen and oxygen atoms in total. The molecule has 0 saturated heterocycles. The van der Waals surface area contributed by atoms with Gasteiger partial charge in [-0.15, -0.1) is 22.7 Å². The molecule has 14 aromatic rings.